The third kappa shape index (κ3) is 2.71. The van der Waals surface area contributed by atoms with Gasteiger partial charge in [-0.05, 0) is 37.5 Å². The van der Waals surface area contributed by atoms with Gasteiger partial charge < -0.3 is 9.84 Å². The number of rotatable bonds is 4. The number of ether oxygens (including phenoxy) is 1. The summed E-state index contributed by atoms with van der Waals surface area (Å²) in [6, 6.07) is 0. The summed E-state index contributed by atoms with van der Waals surface area (Å²) in [7, 11) is 0. The Balaban J connectivity index is 1.67. The van der Waals surface area contributed by atoms with E-state index in [-0.39, 0.29) is 6.10 Å². The fourth-order valence-electron chi connectivity index (χ4n) is 2.37. The van der Waals surface area contributed by atoms with Crippen molar-refractivity contribution in [2.45, 2.75) is 57.7 Å². The molecule has 0 heterocycles. The van der Waals surface area contributed by atoms with E-state index in [1.807, 2.05) is 0 Å². The fraction of sp³-hybridized carbons (Fsp3) is 1.00. The predicted octanol–water partition coefficient (Wildman–Crippen LogP) is 2.35. The average molecular weight is 198 g/mol. The first-order valence-electron chi connectivity index (χ1n) is 6.07. The van der Waals surface area contributed by atoms with Crippen LogP contribution in [-0.2, 0) is 4.74 Å². The lowest BCUT2D eigenvalue weighted by Gasteiger charge is -2.29. The molecule has 2 heteroatoms. The van der Waals surface area contributed by atoms with E-state index < -0.39 is 0 Å². The summed E-state index contributed by atoms with van der Waals surface area (Å²) < 4.78 is 5.81. The van der Waals surface area contributed by atoms with Crippen molar-refractivity contribution in [1.82, 2.24) is 0 Å². The molecule has 0 amide bonds. The van der Waals surface area contributed by atoms with Gasteiger partial charge in [0.05, 0.1) is 18.8 Å². The minimum Gasteiger partial charge on any atom is -0.390 e. The quantitative estimate of drug-likeness (QED) is 0.751. The Morgan fingerprint density at radius 2 is 1.93 bits per heavy atom. The lowest BCUT2D eigenvalue weighted by molar-refractivity contribution is -0.0510. The first-order valence-corrected chi connectivity index (χ1v) is 6.07. The second kappa shape index (κ2) is 4.63. The summed E-state index contributed by atoms with van der Waals surface area (Å²) in [5.74, 6) is 1.24. The highest BCUT2D eigenvalue weighted by Gasteiger charge is 2.31. The van der Waals surface area contributed by atoms with E-state index in [2.05, 4.69) is 6.92 Å². The van der Waals surface area contributed by atoms with Crippen molar-refractivity contribution in [3.05, 3.63) is 0 Å². The normalized spacial score (nSPS) is 35.6. The lowest BCUT2D eigenvalue weighted by atomic mass is 9.88. The lowest BCUT2D eigenvalue weighted by Crippen LogP contribution is -2.29. The smallest absolute Gasteiger partial charge is 0.0801 e. The van der Waals surface area contributed by atoms with Crippen molar-refractivity contribution in [3.63, 3.8) is 0 Å². The highest BCUT2D eigenvalue weighted by Crippen LogP contribution is 2.33. The fourth-order valence-corrected chi connectivity index (χ4v) is 2.37. The first kappa shape index (κ1) is 10.4. The molecular formula is C12H22O2. The van der Waals surface area contributed by atoms with Crippen LogP contribution in [-0.4, -0.2) is 23.9 Å². The van der Waals surface area contributed by atoms with Crippen molar-refractivity contribution in [3.8, 4) is 0 Å². The van der Waals surface area contributed by atoms with Gasteiger partial charge in [0, 0.05) is 0 Å². The zero-order valence-electron chi connectivity index (χ0n) is 9.11. The van der Waals surface area contributed by atoms with Crippen molar-refractivity contribution < 1.29 is 9.84 Å². The molecule has 2 aliphatic carbocycles. The Morgan fingerprint density at radius 3 is 2.57 bits per heavy atom. The number of hydrogen-bond acceptors (Lipinski definition) is 2. The van der Waals surface area contributed by atoms with Gasteiger partial charge in [-0.15, -0.1) is 0 Å². The van der Waals surface area contributed by atoms with E-state index >= 15 is 0 Å². The van der Waals surface area contributed by atoms with E-state index in [1.54, 1.807) is 0 Å². The summed E-state index contributed by atoms with van der Waals surface area (Å²) in [6.07, 6.45) is 7.76. The highest BCUT2D eigenvalue weighted by molar-refractivity contribution is 4.81. The molecule has 14 heavy (non-hydrogen) atoms. The molecule has 1 N–H and O–H groups in total. The maximum atomic E-state index is 9.68. The molecule has 2 fully saturated rings. The van der Waals surface area contributed by atoms with Crippen LogP contribution in [0.1, 0.15) is 45.4 Å². The monoisotopic (exact) mass is 198 g/mol. The molecular weight excluding hydrogens is 176 g/mol. The van der Waals surface area contributed by atoms with Crippen molar-refractivity contribution in [2.75, 3.05) is 6.61 Å². The molecule has 2 nitrogen and oxygen atoms in total. The van der Waals surface area contributed by atoms with Crippen LogP contribution in [0.5, 0.6) is 0 Å². The first-order chi connectivity index (χ1) is 6.77. The zero-order valence-corrected chi connectivity index (χ0v) is 9.11. The maximum absolute atomic E-state index is 9.68. The summed E-state index contributed by atoms with van der Waals surface area (Å²) in [5.41, 5.74) is 0. The van der Waals surface area contributed by atoms with Crippen LogP contribution in [0.4, 0.5) is 0 Å². The Hall–Kier alpha value is -0.0800. The van der Waals surface area contributed by atoms with Gasteiger partial charge in [-0.2, -0.15) is 0 Å². The largest absolute Gasteiger partial charge is 0.390 e. The number of hydrogen-bond donors (Lipinski definition) is 1. The topological polar surface area (TPSA) is 29.5 Å². The SMILES string of the molecule is CC1CCCCC1OCC(O)C1CC1. The predicted molar refractivity (Wildman–Crippen MR) is 56.1 cm³/mol. The molecule has 2 saturated carbocycles. The van der Waals surface area contributed by atoms with Gasteiger partial charge in [0.15, 0.2) is 0 Å². The van der Waals surface area contributed by atoms with Crippen LogP contribution < -0.4 is 0 Å². The molecule has 0 spiro atoms. The zero-order chi connectivity index (χ0) is 9.97. The molecule has 3 unspecified atom stereocenters. The van der Waals surface area contributed by atoms with Crippen LogP contribution in [0.15, 0.2) is 0 Å². The number of aliphatic hydroxyl groups is 1. The van der Waals surface area contributed by atoms with E-state index in [4.69, 9.17) is 4.74 Å². The van der Waals surface area contributed by atoms with E-state index in [0.29, 0.717) is 24.5 Å². The molecule has 3 atom stereocenters. The van der Waals surface area contributed by atoms with Gasteiger partial charge in [-0.3, -0.25) is 0 Å². The minimum atomic E-state index is -0.191. The molecule has 0 radical (unpaired) electrons. The van der Waals surface area contributed by atoms with Gasteiger partial charge in [-0.25, -0.2) is 0 Å². The van der Waals surface area contributed by atoms with Gasteiger partial charge in [0.1, 0.15) is 0 Å². The molecule has 82 valence electrons. The van der Waals surface area contributed by atoms with Crippen LogP contribution in [0.25, 0.3) is 0 Å². The highest BCUT2D eigenvalue weighted by atomic mass is 16.5. The van der Waals surface area contributed by atoms with Crippen LogP contribution >= 0.6 is 0 Å². The van der Waals surface area contributed by atoms with Crippen LogP contribution in [0, 0.1) is 11.8 Å². The Morgan fingerprint density at radius 1 is 1.21 bits per heavy atom. The van der Waals surface area contributed by atoms with E-state index in [9.17, 15) is 5.11 Å². The maximum Gasteiger partial charge on any atom is 0.0801 e. The van der Waals surface area contributed by atoms with Crippen molar-refractivity contribution >= 4 is 0 Å². The van der Waals surface area contributed by atoms with Crippen LogP contribution in [0.2, 0.25) is 0 Å². The summed E-state index contributed by atoms with van der Waals surface area (Å²) >= 11 is 0. The van der Waals surface area contributed by atoms with Gasteiger partial charge >= 0.3 is 0 Å². The molecule has 0 bridgehead atoms. The minimum absolute atomic E-state index is 0.191. The average Bonchev–Trinajstić information content (AvgIpc) is 2.99. The van der Waals surface area contributed by atoms with Crippen LogP contribution in [0.3, 0.4) is 0 Å². The third-order valence-electron chi connectivity index (χ3n) is 3.68. The van der Waals surface area contributed by atoms with Crippen molar-refractivity contribution in [2.24, 2.45) is 11.8 Å². The van der Waals surface area contributed by atoms with E-state index in [0.717, 1.165) is 0 Å². The second-order valence-corrected chi connectivity index (χ2v) is 5.04. The molecule has 0 aromatic heterocycles. The Bertz CT molecular complexity index is 177. The summed E-state index contributed by atoms with van der Waals surface area (Å²) in [4.78, 5) is 0. The van der Waals surface area contributed by atoms with Gasteiger partial charge in [0.2, 0.25) is 0 Å². The van der Waals surface area contributed by atoms with Crippen molar-refractivity contribution in [1.29, 1.82) is 0 Å². The molecule has 0 aromatic rings. The molecule has 2 aliphatic rings. The molecule has 0 aliphatic heterocycles. The van der Waals surface area contributed by atoms with E-state index in [1.165, 1.54) is 38.5 Å². The molecule has 0 aromatic carbocycles. The Kier molecular flexibility index (Phi) is 3.45. The standard InChI is InChI=1S/C12H22O2/c1-9-4-2-3-5-12(9)14-8-11(13)10-6-7-10/h9-13H,2-8H2,1H3. The third-order valence-corrected chi connectivity index (χ3v) is 3.68. The van der Waals surface area contributed by atoms with Gasteiger partial charge in [0.25, 0.3) is 0 Å². The molecule has 0 saturated heterocycles. The molecule has 2 rings (SSSR count). The summed E-state index contributed by atoms with van der Waals surface area (Å²) in [5, 5.41) is 9.68. The Labute approximate surface area is 86.6 Å². The number of aliphatic hydroxyl groups excluding tert-OH is 1. The summed E-state index contributed by atoms with van der Waals surface area (Å²) in [6.45, 7) is 2.84. The van der Waals surface area contributed by atoms with Gasteiger partial charge in [-0.1, -0.05) is 19.8 Å². The second-order valence-electron chi connectivity index (χ2n) is 5.04.